The van der Waals surface area contributed by atoms with Gasteiger partial charge in [-0.3, -0.25) is 0 Å². The monoisotopic (exact) mass is 388 g/mol. The van der Waals surface area contributed by atoms with E-state index < -0.39 is 25.9 Å². The van der Waals surface area contributed by atoms with E-state index >= 15 is 0 Å². The zero-order valence-electron chi connectivity index (χ0n) is 15.3. The Hall–Kier alpha value is -0.960. The van der Waals surface area contributed by atoms with Crippen molar-refractivity contribution < 1.29 is 16.8 Å². The second-order valence-corrected chi connectivity index (χ2v) is 11.3. The Bertz CT molecular complexity index is 784. The predicted octanol–water partition coefficient (Wildman–Crippen LogP) is 1.55. The number of sulfone groups is 1. The standard InChI is InChI=1S/C17H28N2O4S2/c1-14(2)15-5-7-17(8-6-15)25(22,23)19(11-10-18(3)4)16-9-12-24(20,21)13-16/h5-8,14,16H,9-13H2,1-4H3/t16-/m1/s1. The fourth-order valence-corrected chi connectivity index (χ4v) is 6.43. The Morgan fingerprint density at radius 1 is 1.12 bits per heavy atom. The zero-order chi connectivity index (χ0) is 18.8. The molecule has 1 aromatic rings. The summed E-state index contributed by atoms with van der Waals surface area (Å²) in [6.45, 7) is 4.92. The number of nitrogens with zero attached hydrogens (tertiary/aromatic N) is 2. The lowest BCUT2D eigenvalue weighted by molar-refractivity contribution is 0.293. The first-order chi connectivity index (χ1) is 11.5. The lowest BCUT2D eigenvalue weighted by atomic mass is 10.0. The SMILES string of the molecule is CC(C)c1ccc(S(=O)(=O)N(CCN(C)C)[C@@H]2CCS(=O)(=O)C2)cc1. The van der Waals surface area contributed by atoms with E-state index in [1.54, 1.807) is 12.1 Å². The molecule has 1 aromatic carbocycles. The maximum Gasteiger partial charge on any atom is 0.243 e. The molecule has 0 spiro atoms. The first-order valence-corrected chi connectivity index (χ1v) is 11.8. The topological polar surface area (TPSA) is 74.8 Å². The summed E-state index contributed by atoms with van der Waals surface area (Å²) in [6.07, 6.45) is 0.360. The van der Waals surface area contributed by atoms with E-state index in [0.29, 0.717) is 18.9 Å². The molecule has 1 heterocycles. The van der Waals surface area contributed by atoms with Crippen LogP contribution in [0.2, 0.25) is 0 Å². The van der Waals surface area contributed by atoms with Crippen molar-refractivity contribution in [2.24, 2.45) is 0 Å². The van der Waals surface area contributed by atoms with Crippen LogP contribution in [0.25, 0.3) is 0 Å². The van der Waals surface area contributed by atoms with Crippen molar-refractivity contribution in [3.8, 4) is 0 Å². The molecule has 0 amide bonds. The van der Waals surface area contributed by atoms with Gasteiger partial charge in [0.1, 0.15) is 0 Å². The summed E-state index contributed by atoms with van der Waals surface area (Å²) in [4.78, 5) is 2.12. The van der Waals surface area contributed by atoms with E-state index in [1.807, 2.05) is 31.1 Å². The van der Waals surface area contributed by atoms with Gasteiger partial charge in [0.05, 0.1) is 16.4 Å². The van der Waals surface area contributed by atoms with Gasteiger partial charge in [-0.25, -0.2) is 16.8 Å². The van der Waals surface area contributed by atoms with Crippen molar-refractivity contribution in [2.45, 2.75) is 37.1 Å². The van der Waals surface area contributed by atoms with Crippen LogP contribution in [-0.4, -0.2) is 70.8 Å². The van der Waals surface area contributed by atoms with Crippen molar-refractivity contribution in [1.82, 2.24) is 9.21 Å². The summed E-state index contributed by atoms with van der Waals surface area (Å²) in [7, 11) is -3.15. The predicted molar refractivity (Wildman–Crippen MR) is 100 cm³/mol. The van der Waals surface area contributed by atoms with Gasteiger partial charge in [-0.2, -0.15) is 4.31 Å². The summed E-state index contributed by atoms with van der Waals surface area (Å²) >= 11 is 0. The van der Waals surface area contributed by atoms with Crippen LogP contribution in [0.5, 0.6) is 0 Å². The minimum atomic E-state index is -3.73. The minimum Gasteiger partial charge on any atom is -0.308 e. The van der Waals surface area contributed by atoms with Crippen molar-refractivity contribution in [3.05, 3.63) is 29.8 Å². The maximum absolute atomic E-state index is 13.1. The highest BCUT2D eigenvalue weighted by Crippen LogP contribution is 2.26. The van der Waals surface area contributed by atoms with E-state index in [0.717, 1.165) is 5.56 Å². The fourth-order valence-electron chi connectivity index (χ4n) is 2.96. The molecule has 0 unspecified atom stereocenters. The molecule has 142 valence electrons. The summed E-state index contributed by atoms with van der Waals surface area (Å²) in [5, 5.41) is 0. The van der Waals surface area contributed by atoms with Gasteiger partial charge < -0.3 is 4.90 Å². The van der Waals surface area contributed by atoms with Gasteiger partial charge in [-0.15, -0.1) is 0 Å². The third kappa shape index (κ3) is 5.03. The van der Waals surface area contributed by atoms with E-state index in [2.05, 4.69) is 13.8 Å². The highest BCUT2D eigenvalue weighted by Gasteiger charge is 2.38. The quantitative estimate of drug-likeness (QED) is 0.708. The summed E-state index contributed by atoms with van der Waals surface area (Å²) < 4.78 is 51.3. The van der Waals surface area contributed by atoms with Gasteiger partial charge >= 0.3 is 0 Å². The Morgan fingerprint density at radius 3 is 2.16 bits per heavy atom. The molecule has 0 saturated carbocycles. The third-order valence-electron chi connectivity index (χ3n) is 4.54. The van der Waals surface area contributed by atoms with E-state index in [4.69, 9.17) is 0 Å². The number of hydrogen-bond donors (Lipinski definition) is 0. The third-order valence-corrected chi connectivity index (χ3v) is 8.25. The second kappa shape index (κ2) is 7.73. The molecule has 25 heavy (non-hydrogen) atoms. The Balaban J connectivity index is 2.33. The maximum atomic E-state index is 13.1. The van der Waals surface area contributed by atoms with Crippen LogP contribution in [0.15, 0.2) is 29.2 Å². The van der Waals surface area contributed by atoms with E-state index in [1.165, 1.54) is 4.31 Å². The molecular weight excluding hydrogens is 360 g/mol. The number of likely N-dealkylation sites (N-methyl/N-ethyl adjacent to an activating group) is 1. The van der Waals surface area contributed by atoms with Crippen molar-refractivity contribution in [3.63, 3.8) is 0 Å². The molecule has 1 fully saturated rings. The molecule has 8 heteroatoms. The zero-order valence-corrected chi connectivity index (χ0v) is 17.0. The van der Waals surface area contributed by atoms with Crippen molar-refractivity contribution in [1.29, 1.82) is 0 Å². The smallest absolute Gasteiger partial charge is 0.243 e. The van der Waals surface area contributed by atoms with Gasteiger partial charge in [0.25, 0.3) is 0 Å². The van der Waals surface area contributed by atoms with Gasteiger partial charge in [0.15, 0.2) is 9.84 Å². The first kappa shape index (κ1) is 20.4. The molecule has 0 radical (unpaired) electrons. The molecule has 1 saturated heterocycles. The average molecular weight is 389 g/mol. The summed E-state index contributed by atoms with van der Waals surface area (Å²) in [5.74, 6) is 0.281. The number of rotatable bonds is 7. The van der Waals surface area contributed by atoms with Gasteiger partial charge in [0, 0.05) is 19.1 Å². The average Bonchev–Trinajstić information content (AvgIpc) is 2.86. The largest absolute Gasteiger partial charge is 0.308 e. The van der Waals surface area contributed by atoms with Crippen molar-refractivity contribution in [2.75, 3.05) is 38.7 Å². The van der Waals surface area contributed by atoms with Crippen LogP contribution < -0.4 is 0 Å². The van der Waals surface area contributed by atoms with Gasteiger partial charge in [-0.05, 0) is 44.1 Å². The number of benzene rings is 1. The Labute approximate surface area is 151 Å². The van der Waals surface area contributed by atoms with Crippen LogP contribution in [0.1, 0.15) is 31.7 Å². The lowest BCUT2D eigenvalue weighted by Gasteiger charge is -2.28. The van der Waals surface area contributed by atoms with Crippen molar-refractivity contribution >= 4 is 19.9 Å². The molecule has 0 aromatic heterocycles. The highest BCUT2D eigenvalue weighted by molar-refractivity contribution is 7.92. The molecule has 0 N–H and O–H groups in total. The minimum absolute atomic E-state index is 0.0535. The Kier molecular flexibility index (Phi) is 6.30. The summed E-state index contributed by atoms with van der Waals surface area (Å²) in [5.41, 5.74) is 1.07. The molecule has 0 bridgehead atoms. The van der Waals surface area contributed by atoms with Crippen LogP contribution in [0.3, 0.4) is 0 Å². The van der Waals surface area contributed by atoms with Crippen LogP contribution in [-0.2, 0) is 19.9 Å². The van der Waals surface area contributed by atoms with E-state index in [9.17, 15) is 16.8 Å². The molecule has 6 nitrogen and oxygen atoms in total. The lowest BCUT2D eigenvalue weighted by Crippen LogP contribution is -2.44. The Morgan fingerprint density at radius 2 is 1.72 bits per heavy atom. The van der Waals surface area contributed by atoms with Crippen LogP contribution >= 0.6 is 0 Å². The molecule has 1 atom stereocenters. The van der Waals surface area contributed by atoms with Gasteiger partial charge in [0.2, 0.25) is 10.0 Å². The van der Waals surface area contributed by atoms with Gasteiger partial charge in [-0.1, -0.05) is 26.0 Å². The molecule has 1 aliphatic rings. The highest BCUT2D eigenvalue weighted by atomic mass is 32.2. The fraction of sp³-hybridized carbons (Fsp3) is 0.647. The number of hydrogen-bond acceptors (Lipinski definition) is 5. The summed E-state index contributed by atoms with van der Waals surface area (Å²) in [6, 6.07) is 6.41. The molecule has 0 aliphatic carbocycles. The molecule has 1 aliphatic heterocycles. The second-order valence-electron chi connectivity index (χ2n) is 7.20. The first-order valence-electron chi connectivity index (χ1n) is 8.50. The van der Waals surface area contributed by atoms with Crippen LogP contribution in [0, 0.1) is 0 Å². The number of sulfonamides is 1. The molecular formula is C17H28N2O4S2. The molecule has 2 rings (SSSR count). The normalized spacial score (nSPS) is 20.7. The van der Waals surface area contributed by atoms with Crippen LogP contribution in [0.4, 0.5) is 0 Å². The van der Waals surface area contributed by atoms with E-state index in [-0.39, 0.29) is 22.9 Å².